The van der Waals surface area contributed by atoms with E-state index >= 15 is 0 Å². The highest BCUT2D eigenvalue weighted by Crippen LogP contribution is 2.16. The van der Waals surface area contributed by atoms with Crippen LogP contribution in [0, 0.1) is 6.92 Å². The topological polar surface area (TPSA) is 66.6 Å². The molecule has 0 radical (unpaired) electrons. The molecule has 0 aromatic heterocycles. The first-order valence-corrected chi connectivity index (χ1v) is 5.88. The SMILES string of the molecule is Cc1cc(N)ccc1C(=O)N1CCN(C)C(=O)C1. The number of carbonyl (C=O) groups is 2. The van der Waals surface area contributed by atoms with Gasteiger partial charge in [-0.2, -0.15) is 0 Å². The van der Waals surface area contributed by atoms with Gasteiger partial charge in [-0.3, -0.25) is 9.59 Å². The van der Waals surface area contributed by atoms with Crippen LogP contribution in [-0.2, 0) is 4.79 Å². The van der Waals surface area contributed by atoms with E-state index < -0.39 is 0 Å². The third kappa shape index (κ3) is 2.30. The Hall–Kier alpha value is -2.04. The molecule has 1 aromatic rings. The van der Waals surface area contributed by atoms with Crippen molar-refractivity contribution in [2.45, 2.75) is 6.92 Å². The van der Waals surface area contributed by atoms with Crippen molar-refractivity contribution < 1.29 is 9.59 Å². The summed E-state index contributed by atoms with van der Waals surface area (Å²) in [6.07, 6.45) is 0. The van der Waals surface area contributed by atoms with E-state index in [-0.39, 0.29) is 18.4 Å². The number of hydrogen-bond acceptors (Lipinski definition) is 3. The van der Waals surface area contributed by atoms with Crippen LogP contribution in [0.4, 0.5) is 5.69 Å². The van der Waals surface area contributed by atoms with E-state index in [0.717, 1.165) is 5.56 Å². The van der Waals surface area contributed by atoms with E-state index in [4.69, 9.17) is 5.73 Å². The molecule has 0 unspecified atom stereocenters. The van der Waals surface area contributed by atoms with Crippen LogP contribution in [0.25, 0.3) is 0 Å². The molecule has 2 amide bonds. The summed E-state index contributed by atoms with van der Waals surface area (Å²) in [4.78, 5) is 27.1. The number of likely N-dealkylation sites (N-methyl/N-ethyl adjacent to an activating group) is 1. The fraction of sp³-hybridized carbons (Fsp3) is 0.385. The van der Waals surface area contributed by atoms with Gasteiger partial charge in [0.1, 0.15) is 6.54 Å². The predicted octanol–water partition coefficient (Wildman–Crippen LogP) is 0.491. The van der Waals surface area contributed by atoms with Gasteiger partial charge in [-0.25, -0.2) is 0 Å². The van der Waals surface area contributed by atoms with Crippen LogP contribution < -0.4 is 5.73 Å². The van der Waals surface area contributed by atoms with Crippen LogP contribution in [0.1, 0.15) is 15.9 Å². The second-order valence-electron chi connectivity index (χ2n) is 4.62. The number of rotatable bonds is 1. The van der Waals surface area contributed by atoms with E-state index in [2.05, 4.69) is 0 Å². The molecular formula is C13H17N3O2. The Labute approximate surface area is 106 Å². The molecule has 5 heteroatoms. The van der Waals surface area contributed by atoms with Gasteiger partial charge in [0.05, 0.1) is 0 Å². The molecule has 1 aromatic carbocycles. The van der Waals surface area contributed by atoms with Gasteiger partial charge in [0.15, 0.2) is 0 Å². The normalized spacial score (nSPS) is 16.0. The maximum Gasteiger partial charge on any atom is 0.254 e. The van der Waals surface area contributed by atoms with Gasteiger partial charge in [0.2, 0.25) is 5.91 Å². The molecule has 0 bridgehead atoms. The minimum absolute atomic E-state index is 0.0253. The van der Waals surface area contributed by atoms with Crippen LogP contribution in [0.15, 0.2) is 18.2 Å². The number of hydrogen-bond donors (Lipinski definition) is 1. The number of nitrogens with two attached hydrogens (primary N) is 1. The Bertz CT molecular complexity index is 499. The van der Waals surface area contributed by atoms with Gasteiger partial charge < -0.3 is 15.5 Å². The van der Waals surface area contributed by atoms with Crippen molar-refractivity contribution in [3.63, 3.8) is 0 Å². The number of aryl methyl sites for hydroxylation is 1. The molecule has 1 saturated heterocycles. The minimum Gasteiger partial charge on any atom is -0.399 e. The molecule has 0 aliphatic carbocycles. The predicted molar refractivity (Wildman–Crippen MR) is 69.1 cm³/mol. The monoisotopic (exact) mass is 247 g/mol. The van der Waals surface area contributed by atoms with Crippen LogP contribution in [0.2, 0.25) is 0 Å². The summed E-state index contributed by atoms with van der Waals surface area (Å²) in [6, 6.07) is 5.19. The van der Waals surface area contributed by atoms with Crippen molar-refractivity contribution in [1.82, 2.24) is 9.80 Å². The number of nitrogen functional groups attached to an aromatic ring is 1. The molecule has 2 N–H and O–H groups in total. The van der Waals surface area contributed by atoms with Gasteiger partial charge in [-0.15, -0.1) is 0 Å². The number of nitrogens with zero attached hydrogens (tertiary/aromatic N) is 2. The lowest BCUT2D eigenvalue weighted by Crippen LogP contribution is -2.50. The Balaban J connectivity index is 2.19. The number of anilines is 1. The highest BCUT2D eigenvalue weighted by Gasteiger charge is 2.26. The number of benzene rings is 1. The number of amides is 2. The number of carbonyl (C=O) groups excluding carboxylic acids is 2. The number of piperazine rings is 1. The highest BCUT2D eigenvalue weighted by atomic mass is 16.2. The highest BCUT2D eigenvalue weighted by molar-refractivity contribution is 5.98. The molecule has 0 saturated carbocycles. The molecular weight excluding hydrogens is 230 g/mol. The Kier molecular flexibility index (Phi) is 3.23. The Morgan fingerprint density at radius 1 is 1.33 bits per heavy atom. The lowest BCUT2D eigenvalue weighted by Gasteiger charge is -2.32. The second-order valence-corrected chi connectivity index (χ2v) is 4.62. The Morgan fingerprint density at radius 3 is 2.67 bits per heavy atom. The van der Waals surface area contributed by atoms with E-state index in [0.29, 0.717) is 24.3 Å². The first-order chi connectivity index (χ1) is 8.49. The molecule has 1 fully saturated rings. The van der Waals surface area contributed by atoms with E-state index in [1.165, 1.54) is 0 Å². The summed E-state index contributed by atoms with van der Waals surface area (Å²) in [5.41, 5.74) is 7.75. The molecule has 1 heterocycles. The molecule has 0 atom stereocenters. The minimum atomic E-state index is -0.103. The lowest BCUT2D eigenvalue weighted by atomic mass is 10.1. The van der Waals surface area contributed by atoms with Crippen molar-refractivity contribution in [2.75, 3.05) is 32.4 Å². The maximum atomic E-state index is 12.3. The summed E-state index contributed by atoms with van der Waals surface area (Å²) >= 11 is 0. The molecule has 2 rings (SSSR count). The smallest absolute Gasteiger partial charge is 0.254 e. The molecule has 5 nitrogen and oxygen atoms in total. The van der Waals surface area contributed by atoms with Crippen molar-refractivity contribution in [2.24, 2.45) is 0 Å². The average molecular weight is 247 g/mol. The summed E-state index contributed by atoms with van der Waals surface area (Å²) in [6.45, 7) is 3.16. The van der Waals surface area contributed by atoms with Gasteiger partial charge in [-0.1, -0.05) is 0 Å². The van der Waals surface area contributed by atoms with Crippen molar-refractivity contribution in [1.29, 1.82) is 0 Å². The zero-order valence-electron chi connectivity index (χ0n) is 10.6. The lowest BCUT2D eigenvalue weighted by molar-refractivity contribution is -0.133. The van der Waals surface area contributed by atoms with Crippen LogP contribution in [-0.4, -0.2) is 48.3 Å². The van der Waals surface area contributed by atoms with Gasteiger partial charge >= 0.3 is 0 Å². The van der Waals surface area contributed by atoms with Crippen LogP contribution >= 0.6 is 0 Å². The quantitative estimate of drug-likeness (QED) is 0.734. The second kappa shape index (κ2) is 4.68. The van der Waals surface area contributed by atoms with Crippen molar-refractivity contribution in [3.8, 4) is 0 Å². The fourth-order valence-electron chi connectivity index (χ4n) is 2.03. The molecule has 0 spiro atoms. The zero-order valence-corrected chi connectivity index (χ0v) is 10.6. The van der Waals surface area contributed by atoms with E-state index in [9.17, 15) is 9.59 Å². The molecule has 18 heavy (non-hydrogen) atoms. The van der Waals surface area contributed by atoms with Gasteiger partial charge in [0.25, 0.3) is 5.91 Å². The third-order valence-electron chi connectivity index (χ3n) is 3.23. The molecule has 1 aliphatic rings. The van der Waals surface area contributed by atoms with Crippen molar-refractivity contribution >= 4 is 17.5 Å². The maximum absolute atomic E-state index is 12.3. The first-order valence-electron chi connectivity index (χ1n) is 5.88. The Morgan fingerprint density at radius 2 is 2.06 bits per heavy atom. The molecule has 1 aliphatic heterocycles. The van der Waals surface area contributed by atoms with Crippen LogP contribution in [0.5, 0.6) is 0 Å². The average Bonchev–Trinajstić information content (AvgIpc) is 2.32. The summed E-state index contributed by atoms with van der Waals surface area (Å²) in [5, 5.41) is 0. The third-order valence-corrected chi connectivity index (χ3v) is 3.23. The van der Waals surface area contributed by atoms with Gasteiger partial charge in [0, 0.05) is 31.4 Å². The summed E-state index contributed by atoms with van der Waals surface area (Å²) in [5.74, 6) is -0.128. The van der Waals surface area contributed by atoms with Crippen LogP contribution in [0.3, 0.4) is 0 Å². The van der Waals surface area contributed by atoms with E-state index in [1.807, 2.05) is 6.92 Å². The van der Waals surface area contributed by atoms with Crippen molar-refractivity contribution in [3.05, 3.63) is 29.3 Å². The first kappa shape index (κ1) is 12.4. The summed E-state index contributed by atoms with van der Waals surface area (Å²) in [7, 11) is 1.75. The fourth-order valence-corrected chi connectivity index (χ4v) is 2.03. The van der Waals surface area contributed by atoms with Gasteiger partial charge in [-0.05, 0) is 30.7 Å². The standard InChI is InChI=1S/C13H17N3O2/c1-9-7-10(14)3-4-11(9)13(18)16-6-5-15(2)12(17)8-16/h3-4,7H,5-6,8,14H2,1-2H3. The van der Waals surface area contributed by atoms with E-state index in [1.54, 1.807) is 35.0 Å². The molecule has 96 valence electrons. The largest absolute Gasteiger partial charge is 0.399 e. The summed E-state index contributed by atoms with van der Waals surface area (Å²) < 4.78 is 0. The zero-order chi connectivity index (χ0) is 13.3.